The minimum atomic E-state index is -0.629. The van der Waals surface area contributed by atoms with Gasteiger partial charge in [0, 0.05) is 23.2 Å². The van der Waals surface area contributed by atoms with Gasteiger partial charge in [-0.2, -0.15) is 5.26 Å². The lowest BCUT2D eigenvalue weighted by molar-refractivity contribution is 0.0979. The highest BCUT2D eigenvalue weighted by Crippen LogP contribution is 2.38. The fourth-order valence-electron chi connectivity index (χ4n) is 3.72. The second-order valence-electron chi connectivity index (χ2n) is 7.05. The number of hydrogen-bond acceptors (Lipinski definition) is 7. The average Bonchev–Trinajstić information content (AvgIpc) is 2.77. The highest BCUT2D eigenvalue weighted by atomic mass is 35.5. The van der Waals surface area contributed by atoms with Crippen molar-refractivity contribution in [1.29, 1.82) is 5.26 Å². The SMILES string of the molecule is CCn1c(O)c(/N=N/c2cccc3c2C(=O)c2cccc(Cl)c2C3=O)c(C)c(C#N)c1=O. The van der Waals surface area contributed by atoms with Crippen LogP contribution in [0.5, 0.6) is 5.88 Å². The van der Waals surface area contributed by atoms with Gasteiger partial charge in [0.25, 0.3) is 5.56 Å². The molecular formula is C23H15ClN4O4. The number of aromatic hydroxyl groups is 1. The van der Waals surface area contributed by atoms with E-state index in [1.165, 1.54) is 25.1 Å². The second-order valence-corrected chi connectivity index (χ2v) is 7.46. The van der Waals surface area contributed by atoms with Gasteiger partial charge in [0.1, 0.15) is 11.6 Å². The van der Waals surface area contributed by atoms with Crippen molar-refractivity contribution >= 4 is 34.5 Å². The maximum atomic E-state index is 13.2. The van der Waals surface area contributed by atoms with Crippen molar-refractivity contribution in [2.75, 3.05) is 0 Å². The van der Waals surface area contributed by atoms with Crippen molar-refractivity contribution in [3.05, 3.63) is 85.2 Å². The van der Waals surface area contributed by atoms with Crippen LogP contribution in [0, 0.1) is 18.3 Å². The topological polar surface area (TPSA) is 125 Å². The molecule has 9 heteroatoms. The molecule has 1 aromatic heterocycles. The standard InChI is InChI=1S/C23H15ClN4O4/c1-3-28-22(31)14(10-25)11(2)19(23(28)32)27-26-16-9-5-7-13-18(16)21(30)12-6-4-8-15(24)17(12)20(13)29/h4-9,32H,3H2,1-2H3/b27-26+. The number of halogens is 1. The van der Waals surface area contributed by atoms with Gasteiger partial charge in [-0.1, -0.05) is 35.9 Å². The van der Waals surface area contributed by atoms with Crippen LogP contribution >= 0.6 is 11.6 Å². The Kier molecular flexibility index (Phi) is 5.20. The monoisotopic (exact) mass is 446 g/mol. The summed E-state index contributed by atoms with van der Waals surface area (Å²) in [5.41, 5.74) is -0.0733. The Labute approximate surface area is 187 Å². The van der Waals surface area contributed by atoms with Gasteiger partial charge < -0.3 is 5.11 Å². The van der Waals surface area contributed by atoms with E-state index in [4.69, 9.17) is 11.6 Å². The summed E-state index contributed by atoms with van der Waals surface area (Å²) in [6.45, 7) is 3.23. The van der Waals surface area contributed by atoms with Crippen LogP contribution in [-0.4, -0.2) is 21.2 Å². The molecule has 0 bridgehead atoms. The first kappa shape index (κ1) is 21.2. The van der Waals surface area contributed by atoms with Gasteiger partial charge in [0.2, 0.25) is 5.88 Å². The zero-order valence-corrected chi connectivity index (χ0v) is 17.8. The molecule has 0 aliphatic heterocycles. The number of nitriles is 1. The molecule has 0 unspecified atom stereocenters. The third-order valence-electron chi connectivity index (χ3n) is 5.34. The van der Waals surface area contributed by atoms with Crippen LogP contribution in [0.3, 0.4) is 0 Å². The van der Waals surface area contributed by atoms with Crippen LogP contribution in [-0.2, 0) is 6.54 Å². The first-order valence-electron chi connectivity index (χ1n) is 9.60. The highest BCUT2D eigenvalue weighted by molar-refractivity contribution is 6.39. The molecule has 1 heterocycles. The predicted molar refractivity (Wildman–Crippen MR) is 116 cm³/mol. The van der Waals surface area contributed by atoms with Gasteiger partial charge in [-0.15, -0.1) is 10.2 Å². The fourth-order valence-corrected chi connectivity index (χ4v) is 3.98. The Morgan fingerprint density at radius 3 is 2.31 bits per heavy atom. The number of pyridine rings is 1. The molecule has 32 heavy (non-hydrogen) atoms. The third-order valence-corrected chi connectivity index (χ3v) is 5.66. The van der Waals surface area contributed by atoms with Crippen molar-refractivity contribution in [2.45, 2.75) is 20.4 Å². The van der Waals surface area contributed by atoms with E-state index in [0.717, 1.165) is 4.57 Å². The van der Waals surface area contributed by atoms with E-state index in [1.54, 1.807) is 25.1 Å². The molecule has 0 spiro atoms. The number of hydrogen-bond donors (Lipinski definition) is 1. The lowest BCUT2D eigenvalue weighted by Crippen LogP contribution is -2.23. The van der Waals surface area contributed by atoms with E-state index in [0.29, 0.717) is 0 Å². The van der Waals surface area contributed by atoms with Crippen molar-refractivity contribution in [3.8, 4) is 11.9 Å². The van der Waals surface area contributed by atoms with E-state index in [2.05, 4.69) is 10.2 Å². The van der Waals surface area contributed by atoms with Gasteiger partial charge in [0.05, 0.1) is 21.8 Å². The number of rotatable bonds is 3. The summed E-state index contributed by atoms with van der Waals surface area (Å²) >= 11 is 6.16. The zero-order valence-electron chi connectivity index (χ0n) is 17.0. The maximum absolute atomic E-state index is 13.2. The van der Waals surface area contributed by atoms with E-state index in [1.807, 2.05) is 6.07 Å². The maximum Gasteiger partial charge on any atom is 0.271 e. The van der Waals surface area contributed by atoms with Crippen molar-refractivity contribution in [1.82, 2.24) is 4.57 Å². The van der Waals surface area contributed by atoms with Gasteiger partial charge in [-0.25, -0.2) is 0 Å². The van der Waals surface area contributed by atoms with Gasteiger partial charge in [-0.3, -0.25) is 19.0 Å². The Bertz CT molecular complexity index is 1460. The number of azo groups is 1. The average molecular weight is 447 g/mol. The Morgan fingerprint density at radius 2 is 1.66 bits per heavy atom. The van der Waals surface area contributed by atoms with E-state index < -0.39 is 23.0 Å². The molecule has 4 rings (SSSR count). The number of carbonyl (C=O) groups is 2. The minimum absolute atomic E-state index is 0.0671. The third kappa shape index (κ3) is 3.02. The smallest absolute Gasteiger partial charge is 0.271 e. The normalized spacial score (nSPS) is 12.6. The summed E-state index contributed by atoms with van der Waals surface area (Å²) in [7, 11) is 0. The lowest BCUT2D eigenvalue weighted by Gasteiger charge is -2.19. The molecule has 0 saturated carbocycles. The first-order valence-corrected chi connectivity index (χ1v) is 9.98. The molecule has 1 aliphatic carbocycles. The molecule has 2 aromatic carbocycles. The number of benzene rings is 2. The van der Waals surface area contributed by atoms with Crippen molar-refractivity contribution in [3.63, 3.8) is 0 Å². The van der Waals surface area contributed by atoms with Crippen LogP contribution in [0.4, 0.5) is 11.4 Å². The van der Waals surface area contributed by atoms with Gasteiger partial charge in [0.15, 0.2) is 17.3 Å². The molecule has 0 amide bonds. The van der Waals surface area contributed by atoms with Crippen LogP contribution in [0.25, 0.3) is 0 Å². The summed E-state index contributed by atoms with van der Waals surface area (Å²) in [4.78, 5) is 38.5. The largest absolute Gasteiger partial charge is 0.493 e. The van der Waals surface area contributed by atoms with Gasteiger partial charge in [-0.05, 0) is 26.0 Å². The number of carbonyl (C=O) groups excluding carboxylic acids is 2. The summed E-state index contributed by atoms with van der Waals surface area (Å²) in [6, 6.07) is 11.0. The first-order chi connectivity index (χ1) is 15.3. The molecule has 0 atom stereocenters. The lowest BCUT2D eigenvalue weighted by atomic mass is 9.83. The van der Waals surface area contributed by atoms with Crippen molar-refractivity contribution in [2.24, 2.45) is 10.2 Å². The van der Waals surface area contributed by atoms with Crippen LogP contribution in [0.15, 0.2) is 51.4 Å². The summed E-state index contributed by atoms with van der Waals surface area (Å²) in [6.07, 6.45) is 0. The molecule has 1 N–H and O–H groups in total. The number of ketones is 2. The quantitative estimate of drug-likeness (QED) is 0.460. The molecule has 1 aliphatic rings. The molecule has 0 saturated heterocycles. The molecule has 0 fully saturated rings. The van der Waals surface area contributed by atoms with Crippen LogP contribution < -0.4 is 5.56 Å². The molecule has 8 nitrogen and oxygen atoms in total. The molecule has 3 aromatic rings. The molecular weight excluding hydrogens is 432 g/mol. The number of fused-ring (bicyclic) bond motifs is 2. The zero-order chi connectivity index (χ0) is 23.2. The minimum Gasteiger partial charge on any atom is -0.493 e. The Balaban J connectivity index is 1.90. The van der Waals surface area contributed by atoms with Gasteiger partial charge >= 0.3 is 0 Å². The van der Waals surface area contributed by atoms with E-state index in [-0.39, 0.29) is 56.3 Å². The Morgan fingerprint density at radius 1 is 1.03 bits per heavy atom. The van der Waals surface area contributed by atoms with E-state index >= 15 is 0 Å². The van der Waals surface area contributed by atoms with Crippen LogP contribution in [0.2, 0.25) is 5.02 Å². The highest BCUT2D eigenvalue weighted by Gasteiger charge is 2.33. The van der Waals surface area contributed by atoms with Crippen LogP contribution in [0.1, 0.15) is 49.9 Å². The summed E-state index contributed by atoms with van der Waals surface area (Å²) < 4.78 is 1.01. The number of nitrogens with zero attached hydrogens (tertiary/aromatic N) is 4. The molecule has 0 radical (unpaired) electrons. The number of aromatic nitrogens is 1. The fraction of sp³-hybridized carbons (Fsp3) is 0.130. The molecule has 158 valence electrons. The summed E-state index contributed by atoms with van der Waals surface area (Å²) in [5.74, 6) is -1.27. The predicted octanol–water partition coefficient (Wildman–Crippen LogP) is 4.60. The second kappa shape index (κ2) is 7.87. The van der Waals surface area contributed by atoms with E-state index in [9.17, 15) is 24.8 Å². The Hall–Kier alpha value is -4.09. The van der Waals surface area contributed by atoms with Crippen molar-refractivity contribution < 1.29 is 14.7 Å². The summed E-state index contributed by atoms with van der Waals surface area (Å²) in [5, 5.41) is 28.2.